The molecule has 3 heterocycles. The van der Waals surface area contributed by atoms with Crippen molar-refractivity contribution in [1.82, 2.24) is 20.2 Å². The summed E-state index contributed by atoms with van der Waals surface area (Å²) in [4.78, 5) is 24.3. The number of hydrogen-bond donors (Lipinski definition) is 2. The second-order valence-electron chi connectivity index (χ2n) is 6.90. The van der Waals surface area contributed by atoms with Crippen LogP contribution < -0.4 is 10.2 Å². The van der Waals surface area contributed by atoms with Gasteiger partial charge in [0.25, 0.3) is 0 Å². The van der Waals surface area contributed by atoms with Crippen molar-refractivity contribution in [1.29, 1.82) is 0 Å². The number of aromatic nitrogens is 4. The molecule has 1 saturated heterocycles. The highest BCUT2D eigenvalue weighted by atomic mass is 32.2. The van der Waals surface area contributed by atoms with E-state index in [1.807, 2.05) is 43.3 Å². The molecule has 1 aliphatic rings. The minimum Gasteiger partial charge on any atom is -0.378 e. The summed E-state index contributed by atoms with van der Waals surface area (Å²) in [6.45, 7) is 4.86. The van der Waals surface area contributed by atoms with Gasteiger partial charge in [0.1, 0.15) is 23.2 Å². The fourth-order valence-corrected chi connectivity index (χ4v) is 3.84. The third-order valence-electron chi connectivity index (χ3n) is 4.72. The molecule has 156 valence electrons. The van der Waals surface area contributed by atoms with E-state index in [4.69, 9.17) is 9.72 Å². The molecule has 2 N–H and O–H groups in total. The second-order valence-corrected chi connectivity index (χ2v) is 7.94. The maximum Gasteiger partial charge on any atom is 0.196 e. The number of anilines is 3. The van der Waals surface area contributed by atoms with E-state index in [-0.39, 0.29) is 5.78 Å². The van der Waals surface area contributed by atoms with Crippen molar-refractivity contribution in [2.45, 2.75) is 29.8 Å². The topological polar surface area (TPSA) is 96.0 Å². The number of ether oxygens (including phenoxy) is 1. The number of carbonyl (C=O) groups is 1. The lowest BCUT2D eigenvalue weighted by Crippen LogP contribution is -2.36. The molecule has 1 aliphatic heterocycles. The number of aromatic amines is 1. The van der Waals surface area contributed by atoms with Crippen LogP contribution in [0, 0.1) is 0 Å². The summed E-state index contributed by atoms with van der Waals surface area (Å²) < 4.78 is 5.47. The van der Waals surface area contributed by atoms with Crippen LogP contribution in [0.15, 0.2) is 52.6 Å². The van der Waals surface area contributed by atoms with E-state index in [1.165, 1.54) is 11.8 Å². The predicted molar refractivity (Wildman–Crippen MR) is 117 cm³/mol. The van der Waals surface area contributed by atoms with Gasteiger partial charge in [-0.2, -0.15) is 5.10 Å². The van der Waals surface area contributed by atoms with E-state index in [1.54, 1.807) is 6.20 Å². The quantitative estimate of drug-likeness (QED) is 0.531. The van der Waals surface area contributed by atoms with Gasteiger partial charge in [0.2, 0.25) is 0 Å². The first-order chi connectivity index (χ1) is 14.7. The monoisotopic (exact) mass is 424 g/mol. The molecule has 0 radical (unpaired) electrons. The molecule has 0 unspecified atom stereocenters. The Hall–Kier alpha value is -2.91. The lowest BCUT2D eigenvalue weighted by Gasteiger charge is -2.28. The lowest BCUT2D eigenvalue weighted by atomic mass is 10.1. The van der Waals surface area contributed by atoms with Crippen LogP contribution in [0.3, 0.4) is 0 Å². The zero-order valence-corrected chi connectivity index (χ0v) is 17.6. The number of Topliss-reactive ketones (excluding diaryl/α,β-unsaturated/α-hetero) is 1. The van der Waals surface area contributed by atoms with Crippen molar-refractivity contribution in [3.05, 3.63) is 48.2 Å². The zero-order valence-electron chi connectivity index (χ0n) is 16.8. The number of rotatable bonds is 8. The number of nitrogens with one attached hydrogen (secondary N) is 2. The molecule has 1 aromatic carbocycles. The third kappa shape index (κ3) is 5.37. The van der Waals surface area contributed by atoms with Crippen LogP contribution in [0.4, 0.5) is 17.5 Å². The Labute approximate surface area is 179 Å². The minimum atomic E-state index is 0.242. The summed E-state index contributed by atoms with van der Waals surface area (Å²) in [7, 11) is 0. The van der Waals surface area contributed by atoms with Gasteiger partial charge in [-0.25, -0.2) is 9.97 Å². The lowest BCUT2D eigenvalue weighted by molar-refractivity contribution is -0.118. The highest BCUT2D eigenvalue weighted by Gasteiger charge is 2.16. The van der Waals surface area contributed by atoms with Gasteiger partial charge in [0.05, 0.1) is 19.4 Å². The maximum atomic E-state index is 11.7. The molecule has 1 fully saturated rings. The van der Waals surface area contributed by atoms with Crippen LogP contribution in [0.5, 0.6) is 0 Å². The molecule has 2 aromatic heterocycles. The highest BCUT2D eigenvalue weighted by Crippen LogP contribution is 2.29. The van der Waals surface area contributed by atoms with E-state index in [2.05, 4.69) is 25.4 Å². The van der Waals surface area contributed by atoms with Gasteiger partial charge in [0.15, 0.2) is 5.16 Å². The van der Waals surface area contributed by atoms with Crippen molar-refractivity contribution >= 4 is 35.0 Å². The molecule has 0 bridgehead atoms. The molecule has 4 rings (SSSR count). The van der Waals surface area contributed by atoms with Crippen molar-refractivity contribution in [3.8, 4) is 0 Å². The largest absolute Gasteiger partial charge is 0.378 e. The summed E-state index contributed by atoms with van der Waals surface area (Å²) in [5.41, 5.74) is 1.02. The summed E-state index contributed by atoms with van der Waals surface area (Å²) in [5, 5.41) is 10.8. The molecule has 3 aromatic rings. The molecule has 0 atom stereocenters. The van der Waals surface area contributed by atoms with E-state index in [9.17, 15) is 4.79 Å². The van der Waals surface area contributed by atoms with E-state index in [0.717, 1.165) is 35.2 Å². The Morgan fingerprint density at radius 3 is 2.70 bits per heavy atom. The zero-order chi connectivity index (χ0) is 20.8. The van der Waals surface area contributed by atoms with Gasteiger partial charge < -0.3 is 15.0 Å². The van der Waals surface area contributed by atoms with E-state index < -0.39 is 0 Å². The van der Waals surface area contributed by atoms with Gasteiger partial charge in [-0.1, -0.05) is 19.1 Å². The summed E-state index contributed by atoms with van der Waals surface area (Å²) >= 11 is 1.49. The summed E-state index contributed by atoms with van der Waals surface area (Å²) in [6.07, 6.45) is 2.72. The van der Waals surface area contributed by atoms with Gasteiger partial charge in [0, 0.05) is 43.0 Å². The fourth-order valence-electron chi connectivity index (χ4n) is 3.07. The molecule has 8 nitrogen and oxygen atoms in total. The number of ketones is 1. The van der Waals surface area contributed by atoms with Crippen molar-refractivity contribution in [2.75, 3.05) is 36.5 Å². The summed E-state index contributed by atoms with van der Waals surface area (Å²) in [6, 6.07) is 11.8. The summed E-state index contributed by atoms with van der Waals surface area (Å²) in [5.74, 6) is 2.57. The predicted octanol–water partition coefficient (Wildman–Crippen LogP) is 3.45. The first-order valence-electron chi connectivity index (χ1n) is 9.96. The van der Waals surface area contributed by atoms with Gasteiger partial charge in [-0.05, 0) is 29.5 Å². The fraction of sp³-hybridized carbons (Fsp3) is 0.333. The average molecular weight is 425 g/mol. The molecule has 0 amide bonds. The average Bonchev–Trinajstić information content (AvgIpc) is 3.28. The highest BCUT2D eigenvalue weighted by molar-refractivity contribution is 7.99. The number of morpholine rings is 1. The van der Waals surface area contributed by atoms with Crippen LogP contribution in [0.25, 0.3) is 0 Å². The Morgan fingerprint density at radius 2 is 2.00 bits per heavy atom. The van der Waals surface area contributed by atoms with Crippen LogP contribution in [0.2, 0.25) is 0 Å². The molecule has 0 saturated carbocycles. The SMILES string of the molecule is CCC(=O)Cc1ccc(Sc2nc(Nc3ccn[nH]3)cc(N3CCOCC3)n2)cc1. The number of hydrogen-bond acceptors (Lipinski definition) is 8. The Bertz CT molecular complexity index is 972. The molecule has 0 aliphatic carbocycles. The number of carbonyl (C=O) groups excluding carboxylic acids is 1. The Morgan fingerprint density at radius 1 is 1.20 bits per heavy atom. The number of nitrogens with zero attached hydrogens (tertiary/aromatic N) is 4. The Kier molecular flexibility index (Phi) is 6.60. The molecular weight excluding hydrogens is 400 g/mol. The van der Waals surface area contributed by atoms with Crippen LogP contribution in [-0.4, -0.2) is 52.3 Å². The van der Waals surface area contributed by atoms with Crippen molar-refractivity contribution in [3.63, 3.8) is 0 Å². The molecule has 0 spiro atoms. The minimum absolute atomic E-state index is 0.242. The first kappa shape index (κ1) is 20.4. The third-order valence-corrected chi connectivity index (χ3v) is 5.59. The second kappa shape index (κ2) is 9.73. The van der Waals surface area contributed by atoms with E-state index in [0.29, 0.717) is 37.0 Å². The number of H-pyrrole nitrogens is 1. The van der Waals surface area contributed by atoms with E-state index >= 15 is 0 Å². The number of benzene rings is 1. The van der Waals surface area contributed by atoms with Crippen molar-refractivity contribution in [2.24, 2.45) is 0 Å². The first-order valence-corrected chi connectivity index (χ1v) is 10.8. The van der Waals surface area contributed by atoms with Crippen LogP contribution in [0.1, 0.15) is 18.9 Å². The molecule has 30 heavy (non-hydrogen) atoms. The van der Waals surface area contributed by atoms with Crippen LogP contribution >= 0.6 is 11.8 Å². The van der Waals surface area contributed by atoms with Gasteiger partial charge in [-0.3, -0.25) is 9.89 Å². The maximum absolute atomic E-state index is 11.7. The van der Waals surface area contributed by atoms with Gasteiger partial charge in [-0.15, -0.1) is 0 Å². The van der Waals surface area contributed by atoms with Gasteiger partial charge >= 0.3 is 0 Å². The molecule has 9 heteroatoms. The normalized spacial score (nSPS) is 14.0. The smallest absolute Gasteiger partial charge is 0.196 e. The standard InChI is InChI=1S/C21H24N6O2S/c1-2-16(28)13-15-3-5-17(6-4-15)30-21-24-19(23-18-7-8-22-26-18)14-20(25-21)27-9-11-29-12-10-27/h3-8,14H,2,9-13H2,1H3,(H2,22,23,24,25,26). The molecular formula is C21H24N6O2S. The van der Waals surface area contributed by atoms with Crippen LogP contribution in [-0.2, 0) is 16.0 Å². The Balaban J connectivity index is 1.55. The van der Waals surface area contributed by atoms with Crippen molar-refractivity contribution < 1.29 is 9.53 Å².